The van der Waals surface area contributed by atoms with Crippen LogP contribution >= 0.6 is 11.6 Å². The number of nitrogens with zero attached hydrogens (tertiary/aromatic N) is 1. The zero-order valence-corrected chi connectivity index (χ0v) is 19.2. The Bertz CT molecular complexity index is 1610. The number of pyridine rings is 2. The Hall–Kier alpha value is -3.96. The first-order chi connectivity index (χ1) is 16.5. The molecule has 1 N–H and O–H groups in total. The lowest BCUT2D eigenvalue weighted by molar-refractivity contribution is -0.142. The summed E-state index contributed by atoms with van der Waals surface area (Å²) >= 11 is 6.61. The van der Waals surface area contributed by atoms with Gasteiger partial charge in [0.05, 0.1) is 18.1 Å². The van der Waals surface area contributed by atoms with Crippen LogP contribution in [0.15, 0.2) is 83.9 Å². The molecule has 0 saturated carbocycles. The van der Waals surface area contributed by atoms with Gasteiger partial charge in [0.2, 0.25) is 0 Å². The van der Waals surface area contributed by atoms with Crippen LogP contribution in [0.3, 0.4) is 0 Å². The number of H-pyrrole nitrogens is 1. The number of halogens is 1. The first kappa shape index (κ1) is 21.9. The van der Waals surface area contributed by atoms with E-state index in [0.717, 1.165) is 38.4 Å². The van der Waals surface area contributed by atoms with Gasteiger partial charge in [0, 0.05) is 34.4 Å². The largest absolute Gasteiger partial charge is 0.466 e. The number of benzene rings is 3. The summed E-state index contributed by atoms with van der Waals surface area (Å²) in [6.45, 7) is 2.11. The Kier molecular flexibility index (Phi) is 5.86. The van der Waals surface area contributed by atoms with Gasteiger partial charge in [-0.2, -0.15) is 0 Å². The van der Waals surface area contributed by atoms with E-state index in [1.165, 1.54) is 0 Å². The van der Waals surface area contributed by atoms with Gasteiger partial charge in [-0.25, -0.2) is 0 Å². The SMILES string of the molecule is CCOC(=O)Cc1cccc(-c2cc3cc(-c4ccc5ccncc5c4)c(Cl)cc3[nH]c2=O)c1. The second-order valence-electron chi connectivity index (χ2n) is 8.05. The van der Waals surface area contributed by atoms with Crippen molar-refractivity contribution in [1.29, 1.82) is 0 Å². The smallest absolute Gasteiger partial charge is 0.310 e. The average Bonchev–Trinajstić information content (AvgIpc) is 2.83. The van der Waals surface area contributed by atoms with Gasteiger partial charge in [-0.05, 0) is 64.7 Å². The molecule has 0 unspecified atom stereocenters. The van der Waals surface area contributed by atoms with Gasteiger partial charge in [-0.3, -0.25) is 14.6 Å². The molecule has 6 heteroatoms. The molecule has 0 atom stereocenters. The predicted molar refractivity (Wildman–Crippen MR) is 136 cm³/mol. The number of carbonyl (C=O) groups is 1. The summed E-state index contributed by atoms with van der Waals surface area (Å²) in [4.78, 5) is 31.9. The van der Waals surface area contributed by atoms with E-state index in [2.05, 4.69) is 16.0 Å². The quantitative estimate of drug-likeness (QED) is 0.313. The van der Waals surface area contributed by atoms with Crippen molar-refractivity contribution in [1.82, 2.24) is 9.97 Å². The molecule has 0 saturated heterocycles. The molecule has 5 aromatic rings. The zero-order valence-electron chi connectivity index (χ0n) is 18.5. The second-order valence-corrected chi connectivity index (χ2v) is 8.46. The maximum absolute atomic E-state index is 12.9. The molecule has 34 heavy (non-hydrogen) atoms. The van der Waals surface area contributed by atoms with Crippen LogP contribution in [0.2, 0.25) is 5.02 Å². The minimum absolute atomic E-state index is 0.156. The first-order valence-corrected chi connectivity index (χ1v) is 11.4. The van der Waals surface area contributed by atoms with Crippen molar-refractivity contribution in [2.45, 2.75) is 13.3 Å². The molecule has 0 fully saturated rings. The Labute approximate surface area is 201 Å². The third-order valence-corrected chi connectivity index (χ3v) is 6.09. The molecule has 0 spiro atoms. The average molecular weight is 469 g/mol. The molecular formula is C28H21ClN2O3. The van der Waals surface area contributed by atoms with E-state index >= 15 is 0 Å². The van der Waals surface area contributed by atoms with E-state index in [0.29, 0.717) is 22.7 Å². The topological polar surface area (TPSA) is 72.0 Å². The fourth-order valence-corrected chi connectivity index (χ4v) is 4.42. The Morgan fingerprint density at radius 3 is 2.62 bits per heavy atom. The number of hydrogen-bond donors (Lipinski definition) is 1. The number of hydrogen-bond acceptors (Lipinski definition) is 4. The lowest BCUT2D eigenvalue weighted by atomic mass is 9.98. The van der Waals surface area contributed by atoms with Gasteiger partial charge in [-0.1, -0.05) is 48.0 Å². The van der Waals surface area contributed by atoms with Crippen LogP contribution in [0.1, 0.15) is 12.5 Å². The predicted octanol–water partition coefficient (Wildman–Crippen LogP) is 6.17. The number of aromatic nitrogens is 2. The maximum atomic E-state index is 12.9. The monoisotopic (exact) mass is 468 g/mol. The van der Waals surface area contributed by atoms with Crippen molar-refractivity contribution < 1.29 is 9.53 Å². The summed E-state index contributed by atoms with van der Waals surface area (Å²) < 4.78 is 5.04. The molecule has 0 radical (unpaired) electrons. The number of rotatable bonds is 5. The van der Waals surface area contributed by atoms with Crippen molar-refractivity contribution >= 4 is 39.2 Å². The van der Waals surface area contributed by atoms with Crippen molar-refractivity contribution in [2.75, 3.05) is 6.61 Å². The highest BCUT2D eigenvalue weighted by Crippen LogP contribution is 2.34. The lowest BCUT2D eigenvalue weighted by Crippen LogP contribution is -2.10. The molecule has 168 valence electrons. The van der Waals surface area contributed by atoms with Crippen LogP contribution in [0.4, 0.5) is 0 Å². The summed E-state index contributed by atoms with van der Waals surface area (Å²) in [7, 11) is 0. The number of esters is 1. The van der Waals surface area contributed by atoms with E-state index < -0.39 is 0 Å². The number of nitrogens with one attached hydrogen (secondary N) is 1. The minimum atomic E-state index is -0.295. The molecule has 5 rings (SSSR count). The number of carbonyl (C=O) groups excluding carboxylic acids is 1. The van der Waals surface area contributed by atoms with Crippen LogP contribution in [0.5, 0.6) is 0 Å². The Morgan fingerprint density at radius 1 is 0.941 bits per heavy atom. The fourth-order valence-electron chi connectivity index (χ4n) is 4.14. The highest BCUT2D eigenvalue weighted by molar-refractivity contribution is 6.34. The summed E-state index contributed by atoms with van der Waals surface area (Å²) in [5.74, 6) is -0.295. The Morgan fingerprint density at radius 2 is 1.76 bits per heavy atom. The van der Waals surface area contributed by atoms with E-state index in [1.54, 1.807) is 19.2 Å². The molecular weight excluding hydrogens is 448 g/mol. The molecule has 0 amide bonds. The molecule has 0 bridgehead atoms. The van der Waals surface area contributed by atoms with Crippen molar-refractivity contribution in [3.05, 3.63) is 100 Å². The summed E-state index contributed by atoms with van der Waals surface area (Å²) in [6, 6.07) is 21.1. The molecule has 3 aromatic carbocycles. The maximum Gasteiger partial charge on any atom is 0.310 e. The Balaban J connectivity index is 1.59. The molecule has 0 aliphatic heterocycles. The van der Waals surface area contributed by atoms with Gasteiger partial charge in [0.1, 0.15) is 0 Å². The highest BCUT2D eigenvalue weighted by atomic mass is 35.5. The van der Waals surface area contributed by atoms with Crippen molar-refractivity contribution in [3.8, 4) is 22.3 Å². The first-order valence-electron chi connectivity index (χ1n) is 11.0. The van der Waals surface area contributed by atoms with Gasteiger partial charge >= 0.3 is 5.97 Å². The summed E-state index contributed by atoms with van der Waals surface area (Å²) in [5.41, 5.74) is 4.32. The molecule has 5 nitrogen and oxygen atoms in total. The minimum Gasteiger partial charge on any atom is -0.466 e. The van der Waals surface area contributed by atoms with E-state index in [-0.39, 0.29) is 17.9 Å². The normalized spacial score (nSPS) is 11.1. The highest BCUT2D eigenvalue weighted by Gasteiger charge is 2.12. The third-order valence-electron chi connectivity index (χ3n) is 5.78. The molecule has 2 aromatic heterocycles. The van der Waals surface area contributed by atoms with Crippen LogP contribution < -0.4 is 5.56 Å². The van der Waals surface area contributed by atoms with Crippen LogP contribution in [0, 0.1) is 0 Å². The molecule has 0 aliphatic rings. The van der Waals surface area contributed by atoms with Crippen LogP contribution in [0.25, 0.3) is 43.9 Å². The zero-order chi connectivity index (χ0) is 23.7. The van der Waals surface area contributed by atoms with Crippen LogP contribution in [-0.4, -0.2) is 22.5 Å². The molecule has 2 heterocycles. The third kappa shape index (κ3) is 4.30. The standard InChI is InChI=1S/C28H21ClN2O3/c1-2-34-27(32)11-17-4-3-5-19(10-17)24-14-21-13-23(25(29)15-26(21)31-28(24)33)20-7-6-18-8-9-30-16-22(18)12-20/h3-10,12-16H,2,11H2,1H3,(H,31,33). The van der Waals surface area contributed by atoms with Gasteiger partial charge in [0.15, 0.2) is 0 Å². The van der Waals surface area contributed by atoms with Crippen molar-refractivity contribution in [3.63, 3.8) is 0 Å². The fraction of sp³-hybridized carbons (Fsp3) is 0.107. The van der Waals surface area contributed by atoms with Gasteiger partial charge < -0.3 is 9.72 Å². The van der Waals surface area contributed by atoms with Crippen LogP contribution in [-0.2, 0) is 16.0 Å². The lowest BCUT2D eigenvalue weighted by Gasteiger charge is -2.10. The second kappa shape index (κ2) is 9.12. The van der Waals surface area contributed by atoms with E-state index in [1.807, 2.05) is 60.8 Å². The van der Waals surface area contributed by atoms with E-state index in [9.17, 15) is 9.59 Å². The number of ether oxygens (including phenoxy) is 1. The van der Waals surface area contributed by atoms with Gasteiger partial charge in [-0.15, -0.1) is 0 Å². The number of fused-ring (bicyclic) bond motifs is 2. The number of aromatic amines is 1. The van der Waals surface area contributed by atoms with E-state index in [4.69, 9.17) is 16.3 Å². The van der Waals surface area contributed by atoms with Gasteiger partial charge in [0.25, 0.3) is 5.56 Å². The summed E-state index contributed by atoms with van der Waals surface area (Å²) in [6.07, 6.45) is 3.75. The summed E-state index contributed by atoms with van der Waals surface area (Å²) in [5, 5.41) is 3.54. The molecule has 0 aliphatic carbocycles. The van der Waals surface area contributed by atoms with Crippen molar-refractivity contribution in [2.24, 2.45) is 0 Å².